The summed E-state index contributed by atoms with van der Waals surface area (Å²) in [4.78, 5) is 12.6. The largest absolute Gasteiger partial charge is 0.511 e. The van der Waals surface area contributed by atoms with Crippen molar-refractivity contribution in [2.24, 2.45) is 0 Å². The summed E-state index contributed by atoms with van der Waals surface area (Å²) < 4.78 is 24.9. The summed E-state index contributed by atoms with van der Waals surface area (Å²) in [5.74, 6) is 0.553. The molecule has 0 amide bonds. The maximum absolute atomic E-state index is 12.0. The van der Waals surface area contributed by atoms with Crippen molar-refractivity contribution in [3.05, 3.63) is 12.7 Å². The minimum atomic E-state index is -1.73. The second-order valence-corrected chi connectivity index (χ2v) is 8.22. The molecule has 0 saturated carbocycles. The molecule has 2 rings (SSSR count). The Morgan fingerprint density at radius 1 is 1.32 bits per heavy atom. The molecule has 3 N–H and O–H groups in total. The monoisotopic (exact) mass is 414 g/mol. The van der Waals surface area contributed by atoms with Crippen molar-refractivity contribution in [2.45, 2.75) is 57.7 Å². The molecule has 0 fully saturated rings. The van der Waals surface area contributed by atoms with Gasteiger partial charge in [0.2, 0.25) is 0 Å². The van der Waals surface area contributed by atoms with E-state index < -0.39 is 27.0 Å². The predicted molar refractivity (Wildman–Crippen MR) is 105 cm³/mol. The fourth-order valence-corrected chi connectivity index (χ4v) is 3.49. The van der Waals surface area contributed by atoms with Crippen LogP contribution in [0.3, 0.4) is 0 Å². The Morgan fingerprint density at radius 3 is 2.71 bits per heavy atom. The Hall–Kier alpha value is -1.71. The summed E-state index contributed by atoms with van der Waals surface area (Å²) in [6.07, 6.45) is 1.83. The number of aromatic nitrogens is 4. The molecule has 0 aromatic carbocycles. The van der Waals surface area contributed by atoms with Crippen molar-refractivity contribution in [3.8, 4) is 0 Å². The van der Waals surface area contributed by atoms with Crippen molar-refractivity contribution < 1.29 is 24.0 Å². The van der Waals surface area contributed by atoms with E-state index in [1.807, 2.05) is 20.8 Å². The normalized spacial score (nSPS) is 16.6. The van der Waals surface area contributed by atoms with Gasteiger partial charge in [0, 0.05) is 13.5 Å². The molecule has 5 atom stereocenters. The molecule has 156 valence electrons. The molecular weight excluding hydrogens is 385 g/mol. The molecule has 0 spiro atoms. The van der Waals surface area contributed by atoms with Crippen LogP contribution in [-0.2, 0) is 13.8 Å². The third-order valence-electron chi connectivity index (χ3n) is 4.43. The fourth-order valence-electron chi connectivity index (χ4n) is 2.53. The lowest BCUT2D eigenvalue weighted by Gasteiger charge is -2.23. The molecule has 0 saturated heterocycles. The van der Waals surface area contributed by atoms with Crippen LogP contribution in [0.25, 0.3) is 11.2 Å². The highest BCUT2D eigenvalue weighted by Crippen LogP contribution is 2.33. The molecule has 0 bridgehead atoms. The van der Waals surface area contributed by atoms with E-state index in [1.54, 1.807) is 11.6 Å². The average molecular weight is 414 g/mol. The summed E-state index contributed by atoms with van der Waals surface area (Å²) >= 11 is 0. The lowest BCUT2D eigenvalue weighted by Crippen LogP contribution is -2.30. The van der Waals surface area contributed by atoms with Crippen molar-refractivity contribution in [3.63, 3.8) is 0 Å². The number of aliphatic hydroxyl groups excluding tert-OH is 2. The zero-order valence-electron chi connectivity index (χ0n) is 16.6. The molecule has 0 radical (unpaired) electrons. The van der Waals surface area contributed by atoms with Crippen LogP contribution in [-0.4, -0.2) is 67.9 Å². The first-order chi connectivity index (χ1) is 13.4. The first-order valence-electron chi connectivity index (χ1n) is 9.31. The smallest absolute Gasteiger partial charge is 0.394 e. The minimum Gasteiger partial charge on any atom is -0.394 e. The first-order valence-corrected chi connectivity index (χ1v) is 10.6. The van der Waals surface area contributed by atoms with Gasteiger partial charge in [-0.15, -0.1) is 4.52 Å². The van der Waals surface area contributed by atoms with Gasteiger partial charge in [-0.05, 0) is 24.8 Å². The summed E-state index contributed by atoms with van der Waals surface area (Å²) in [5.41, 5.74) is 1.01. The van der Waals surface area contributed by atoms with Crippen molar-refractivity contribution in [1.82, 2.24) is 19.5 Å². The number of ether oxygens (including phenoxy) is 1. The Kier molecular flexibility index (Phi) is 8.65. The van der Waals surface area contributed by atoms with Crippen molar-refractivity contribution in [2.75, 3.05) is 25.6 Å². The highest BCUT2D eigenvalue weighted by molar-refractivity contribution is 7.40. The third-order valence-corrected chi connectivity index (χ3v) is 6.09. The highest BCUT2D eigenvalue weighted by Gasteiger charge is 2.29. The van der Waals surface area contributed by atoms with Crippen molar-refractivity contribution in [1.29, 1.82) is 0 Å². The maximum atomic E-state index is 12.0. The van der Waals surface area contributed by atoms with Gasteiger partial charge < -0.3 is 20.3 Å². The van der Waals surface area contributed by atoms with Crippen LogP contribution < -0.4 is 5.32 Å². The van der Waals surface area contributed by atoms with Crippen LogP contribution in [0.4, 0.5) is 5.82 Å². The maximum Gasteiger partial charge on any atom is 0.511 e. The van der Waals surface area contributed by atoms with Crippen molar-refractivity contribution >= 4 is 25.0 Å². The SMILES string of the molecule is CC[C@@H](C)[P+](=O)OC(C)CCOC([C@H](O)CO)n1cnc2c(NC)ncnc21. The molecule has 10 nitrogen and oxygen atoms in total. The van der Waals surface area contributed by atoms with Gasteiger partial charge in [0.1, 0.15) is 24.1 Å². The number of aliphatic hydroxyl groups is 2. The second kappa shape index (κ2) is 10.7. The summed E-state index contributed by atoms with van der Waals surface area (Å²) in [6, 6.07) is 0. The topological polar surface area (TPSA) is 132 Å². The second-order valence-electron chi connectivity index (χ2n) is 6.55. The summed E-state index contributed by atoms with van der Waals surface area (Å²) in [5, 5.41) is 22.6. The Labute approximate surface area is 165 Å². The Bertz CT molecular complexity index is 773. The standard InChI is InChI=1S/C17H29N5O5P/c1-5-12(3)28(25)27-11(2)6-7-26-17(13(24)8-23)22-10-21-14-15(18-4)19-9-20-16(14)22/h9-13,17,23-24H,5-8H2,1-4H3,(H,18,19,20)/q+1/t11?,12-,13-,17?/m1/s1. The Balaban J connectivity index is 2.06. The molecule has 28 heavy (non-hydrogen) atoms. The van der Waals surface area contributed by atoms with Gasteiger partial charge in [-0.1, -0.05) is 6.92 Å². The van der Waals surface area contributed by atoms with Gasteiger partial charge in [0.05, 0.1) is 19.5 Å². The number of nitrogens with zero attached hydrogens (tertiary/aromatic N) is 4. The van der Waals surface area contributed by atoms with E-state index in [4.69, 9.17) is 9.26 Å². The molecule has 0 aliphatic heterocycles. The van der Waals surface area contributed by atoms with Gasteiger partial charge >= 0.3 is 8.03 Å². The molecule has 2 aromatic rings. The van der Waals surface area contributed by atoms with Gasteiger partial charge in [-0.25, -0.2) is 15.0 Å². The van der Waals surface area contributed by atoms with Crippen LogP contribution in [0.5, 0.6) is 0 Å². The number of imidazole rings is 1. The number of rotatable bonds is 12. The lowest BCUT2D eigenvalue weighted by atomic mass is 10.3. The number of hydrogen-bond acceptors (Lipinski definition) is 9. The summed E-state index contributed by atoms with van der Waals surface area (Å²) in [7, 11) is -0.00298. The third kappa shape index (κ3) is 5.42. The van der Waals surface area contributed by atoms with E-state index in [0.29, 0.717) is 23.4 Å². The number of hydrogen-bond donors (Lipinski definition) is 3. The van der Waals surface area contributed by atoms with E-state index in [1.165, 1.54) is 12.7 Å². The van der Waals surface area contributed by atoms with Crippen LogP contribution in [0.2, 0.25) is 0 Å². The van der Waals surface area contributed by atoms with E-state index in [0.717, 1.165) is 6.42 Å². The average Bonchev–Trinajstić information content (AvgIpc) is 3.13. The van der Waals surface area contributed by atoms with E-state index in [2.05, 4.69) is 20.3 Å². The molecule has 3 unspecified atom stereocenters. The molecule has 11 heteroatoms. The van der Waals surface area contributed by atoms with Gasteiger partial charge in [0.25, 0.3) is 0 Å². The van der Waals surface area contributed by atoms with Gasteiger partial charge in [-0.3, -0.25) is 4.57 Å². The van der Waals surface area contributed by atoms with Crippen LogP contribution >= 0.6 is 8.03 Å². The quantitative estimate of drug-likeness (QED) is 0.447. The fraction of sp³-hybridized carbons (Fsp3) is 0.706. The molecular formula is C17H29N5O5P+. The number of fused-ring (bicyclic) bond motifs is 1. The van der Waals surface area contributed by atoms with Crippen LogP contribution in [0, 0.1) is 0 Å². The minimum absolute atomic E-state index is 0.000644. The van der Waals surface area contributed by atoms with E-state index >= 15 is 0 Å². The van der Waals surface area contributed by atoms with Gasteiger partial charge in [0.15, 0.2) is 23.4 Å². The van der Waals surface area contributed by atoms with E-state index in [9.17, 15) is 14.8 Å². The van der Waals surface area contributed by atoms with E-state index in [-0.39, 0.29) is 18.4 Å². The lowest BCUT2D eigenvalue weighted by molar-refractivity contribution is -0.0998. The van der Waals surface area contributed by atoms with Crippen LogP contribution in [0.1, 0.15) is 39.8 Å². The number of nitrogens with one attached hydrogen (secondary N) is 1. The van der Waals surface area contributed by atoms with Gasteiger partial charge in [-0.2, -0.15) is 0 Å². The molecule has 0 aliphatic rings. The molecule has 2 heterocycles. The molecule has 0 aliphatic carbocycles. The number of anilines is 1. The Morgan fingerprint density at radius 2 is 2.07 bits per heavy atom. The predicted octanol–water partition coefficient (Wildman–Crippen LogP) is 2.07. The highest BCUT2D eigenvalue weighted by atomic mass is 31.1. The first kappa shape index (κ1) is 22.6. The summed E-state index contributed by atoms with van der Waals surface area (Å²) in [6.45, 7) is 5.43. The van der Waals surface area contributed by atoms with Crippen LogP contribution in [0.15, 0.2) is 12.7 Å². The zero-order valence-corrected chi connectivity index (χ0v) is 17.5. The molecule has 2 aromatic heterocycles. The zero-order chi connectivity index (χ0) is 20.7.